The van der Waals surface area contributed by atoms with Crippen LogP contribution in [0.5, 0.6) is 5.75 Å². The third-order valence-corrected chi connectivity index (χ3v) is 3.70. The number of aliphatic hydroxyl groups is 1. The van der Waals surface area contributed by atoms with Crippen molar-refractivity contribution in [2.45, 2.75) is 45.8 Å². The molecule has 0 unspecified atom stereocenters. The molecule has 2 rings (SSSR count). The fraction of sp³-hybridized carbons (Fsp3) is 0.444. The Morgan fingerprint density at radius 3 is 2.84 bits per heavy atom. The molecule has 7 heteroatoms. The first-order chi connectivity index (χ1) is 11.6. The number of rotatable bonds is 9. The number of anilines is 2. The molecular weight excluding hydrogens is 336 g/mol. The molecule has 0 bridgehead atoms. The lowest BCUT2D eigenvalue weighted by Crippen LogP contribution is -2.24. The van der Waals surface area contributed by atoms with Crippen LogP contribution in [0.2, 0.25) is 0 Å². The number of aryl methyl sites for hydroxylation is 1. The predicted molar refractivity (Wildman–Crippen MR) is 106 cm³/mol. The number of nitrogens with zero attached hydrogens (tertiary/aromatic N) is 2. The summed E-state index contributed by atoms with van der Waals surface area (Å²) in [4.78, 5) is 8.52. The van der Waals surface area contributed by atoms with Gasteiger partial charge >= 0.3 is 0 Å². The van der Waals surface area contributed by atoms with Gasteiger partial charge in [-0.2, -0.15) is 13.5 Å². The summed E-state index contributed by atoms with van der Waals surface area (Å²) in [6.45, 7) is 4.48. The number of hydrogen-bond donors (Lipinski definition) is 3. The summed E-state index contributed by atoms with van der Waals surface area (Å²) in [5, 5.41) is 12.9. The normalized spacial score (nSPS) is 11.5. The van der Waals surface area contributed by atoms with Crippen molar-refractivity contribution in [3.8, 4) is 5.75 Å². The molecule has 0 spiro atoms. The Morgan fingerprint density at radius 2 is 2.16 bits per heavy atom. The zero-order valence-electron chi connectivity index (χ0n) is 14.8. The number of nitrogen functional groups attached to an aromatic ring is 1. The van der Waals surface area contributed by atoms with Gasteiger partial charge in [0.1, 0.15) is 12.4 Å². The minimum atomic E-state index is -0.0359. The van der Waals surface area contributed by atoms with E-state index in [2.05, 4.69) is 22.2 Å². The van der Waals surface area contributed by atoms with Crippen molar-refractivity contribution in [1.82, 2.24) is 9.97 Å². The number of aliphatic hydroxyl groups excluding tert-OH is 1. The van der Waals surface area contributed by atoms with Crippen LogP contribution < -0.4 is 15.8 Å². The van der Waals surface area contributed by atoms with Gasteiger partial charge in [-0.15, -0.1) is 0 Å². The molecule has 25 heavy (non-hydrogen) atoms. The quantitative estimate of drug-likeness (QED) is 0.633. The van der Waals surface area contributed by atoms with Gasteiger partial charge in [0.15, 0.2) is 5.75 Å². The predicted octanol–water partition coefficient (Wildman–Crippen LogP) is 3.02. The number of hydrogen-bond acceptors (Lipinski definition) is 6. The summed E-state index contributed by atoms with van der Waals surface area (Å²) < 4.78 is 5.86. The van der Waals surface area contributed by atoms with Crippen LogP contribution in [0.1, 0.15) is 37.6 Å². The van der Waals surface area contributed by atoms with Gasteiger partial charge in [0.2, 0.25) is 0 Å². The molecule has 0 amide bonds. The van der Waals surface area contributed by atoms with Crippen LogP contribution in [0.3, 0.4) is 0 Å². The number of unbranched alkanes of at least 4 members (excludes halogenated alkanes) is 1. The third kappa shape index (κ3) is 6.80. The van der Waals surface area contributed by atoms with Gasteiger partial charge in [-0.3, -0.25) is 4.98 Å². The fourth-order valence-electron chi connectivity index (χ4n) is 2.40. The van der Waals surface area contributed by atoms with Crippen LogP contribution in [-0.4, -0.2) is 27.7 Å². The van der Waals surface area contributed by atoms with Gasteiger partial charge in [0.05, 0.1) is 24.2 Å². The highest BCUT2D eigenvalue weighted by molar-refractivity contribution is 7.59. The first-order valence-corrected chi connectivity index (χ1v) is 8.30. The topological polar surface area (TPSA) is 93.3 Å². The van der Waals surface area contributed by atoms with E-state index in [1.807, 2.05) is 25.1 Å². The maximum absolute atomic E-state index is 9.55. The van der Waals surface area contributed by atoms with Gasteiger partial charge in [-0.1, -0.05) is 25.8 Å². The lowest BCUT2D eigenvalue weighted by atomic mass is 10.1. The zero-order chi connectivity index (χ0) is 17.4. The average molecular weight is 365 g/mol. The Labute approximate surface area is 156 Å². The van der Waals surface area contributed by atoms with Gasteiger partial charge < -0.3 is 20.9 Å². The highest BCUT2D eigenvalue weighted by atomic mass is 32.1. The van der Waals surface area contributed by atoms with Crippen molar-refractivity contribution in [3.05, 3.63) is 41.9 Å². The van der Waals surface area contributed by atoms with Gasteiger partial charge in [0, 0.05) is 17.8 Å². The highest BCUT2D eigenvalue weighted by Crippen LogP contribution is 2.27. The number of ether oxygens (including phenoxy) is 1. The van der Waals surface area contributed by atoms with Gasteiger partial charge in [0.25, 0.3) is 0 Å². The largest absolute Gasteiger partial charge is 0.483 e. The van der Waals surface area contributed by atoms with Crippen molar-refractivity contribution in [3.63, 3.8) is 0 Å². The molecule has 6 nitrogen and oxygen atoms in total. The molecule has 0 aliphatic carbocycles. The van der Waals surface area contributed by atoms with E-state index in [-0.39, 0.29) is 26.1 Å². The summed E-state index contributed by atoms with van der Waals surface area (Å²) >= 11 is 0. The van der Waals surface area contributed by atoms with E-state index in [1.54, 1.807) is 12.3 Å². The highest BCUT2D eigenvalue weighted by Gasteiger charge is 2.12. The molecule has 138 valence electrons. The van der Waals surface area contributed by atoms with Crippen molar-refractivity contribution in [2.75, 3.05) is 17.7 Å². The Kier molecular flexibility index (Phi) is 9.08. The van der Waals surface area contributed by atoms with Crippen molar-refractivity contribution >= 4 is 25.0 Å². The molecule has 2 heterocycles. The fourth-order valence-corrected chi connectivity index (χ4v) is 2.40. The van der Waals surface area contributed by atoms with Crippen LogP contribution >= 0.6 is 13.5 Å². The Morgan fingerprint density at radius 1 is 1.36 bits per heavy atom. The number of pyridine rings is 2. The van der Waals surface area contributed by atoms with Gasteiger partial charge in [-0.05, 0) is 25.5 Å². The summed E-state index contributed by atoms with van der Waals surface area (Å²) in [5.41, 5.74) is 8.33. The van der Waals surface area contributed by atoms with Crippen molar-refractivity contribution < 1.29 is 9.84 Å². The molecule has 0 radical (unpaired) electrons. The van der Waals surface area contributed by atoms with Crippen LogP contribution in [0.4, 0.5) is 11.5 Å². The molecule has 0 saturated heterocycles. The standard InChI is InChI=1S/C18H26N4O2.H2S/c1-3-4-7-14(11-23)22-16-9-18(19)20-10-17(16)24-12-15-8-5-6-13(2)21-15;/h5-6,8-10,14,23H,3-4,7,11-12H2,1-2H3,(H3,19,20,22);1H2/t14-;/m0./s1. The first-order valence-electron chi connectivity index (χ1n) is 8.30. The van der Waals surface area contributed by atoms with Crippen molar-refractivity contribution in [1.29, 1.82) is 0 Å². The van der Waals surface area contributed by atoms with E-state index in [4.69, 9.17) is 10.5 Å². The van der Waals surface area contributed by atoms with Crippen LogP contribution in [0.25, 0.3) is 0 Å². The van der Waals surface area contributed by atoms with E-state index in [0.29, 0.717) is 18.2 Å². The van der Waals surface area contributed by atoms with E-state index in [0.717, 1.165) is 36.3 Å². The van der Waals surface area contributed by atoms with E-state index in [9.17, 15) is 5.11 Å². The smallest absolute Gasteiger partial charge is 0.161 e. The second kappa shape index (κ2) is 10.8. The molecule has 0 aliphatic heterocycles. The zero-order valence-corrected chi connectivity index (χ0v) is 15.8. The second-order valence-corrected chi connectivity index (χ2v) is 5.83. The van der Waals surface area contributed by atoms with E-state index in [1.165, 1.54) is 0 Å². The third-order valence-electron chi connectivity index (χ3n) is 3.70. The Bertz CT molecular complexity index is 655. The SMILES string of the molecule is CCCC[C@@H](CO)Nc1cc(N)ncc1OCc1cccc(C)n1.S. The van der Waals surface area contributed by atoms with Crippen LogP contribution in [0.15, 0.2) is 30.5 Å². The summed E-state index contributed by atoms with van der Waals surface area (Å²) in [7, 11) is 0. The van der Waals surface area contributed by atoms with Gasteiger partial charge in [-0.25, -0.2) is 4.98 Å². The van der Waals surface area contributed by atoms with Crippen molar-refractivity contribution in [2.24, 2.45) is 0 Å². The molecular formula is C18H28N4O2S. The molecule has 0 aliphatic rings. The lowest BCUT2D eigenvalue weighted by molar-refractivity contribution is 0.265. The monoisotopic (exact) mass is 364 g/mol. The molecule has 4 N–H and O–H groups in total. The van der Waals surface area contributed by atoms with Crippen LogP contribution in [0, 0.1) is 6.92 Å². The Balaban J connectivity index is 0.00000312. The maximum Gasteiger partial charge on any atom is 0.161 e. The van der Waals surface area contributed by atoms with Crippen LogP contribution in [-0.2, 0) is 6.61 Å². The molecule has 0 fully saturated rings. The summed E-state index contributed by atoms with van der Waals surface area (Å²) in [6.07, 6.45) is 4.61. The van der Waals surface area contributed by atoms with E-state index >= 15 is 0 Å². The number of aromatic nitrogens is 2. The summed E-state index contributed by atoms with van der Waals surface area (Å²) in [5.74, 6) is 1.01. The average Bonchev–Trinajstić information content (AvgIpc) is 2.58. The Hall–Kier alpha value is -1.99. The minimum Gasteiger partial charge on any atom is -0.483 e. The molecule has 1 atom stereocenters. The maximum atomic E-state index is 9.55. The summed E-state index contributed by atoms with van der Waals surface area (Å²) in [6, 6.07) is 7.51. The minimum absolute atomic E-state index is 0. The molecule has 2 aromatic rings. The number of nitrogens with two attached hydrogens (primary N) is 1. The van der Waals surface area contributed by atoms with E-state index < -0.39 is 0 Å². The number of nitrogens with one attached hydrogen (secondary N) is 1. The lowest BCUT2D eigenvalue weighted by Gasteiger charge is -2.20. The molecule has 0 saturated carbocycles. The molecule has 0 aromatic carbocycles. The second-order valence-electron chi connectivity index (χ2n) is 5.83. The first kappa shape index (κ1) is 21.1. The molecule has 2 aromatic heterocycles.